The zero-order chi connectivity index (χ0) is 11.3. The summed E-state index contributed by atoms with van der Waals surface area (Å²) in [6, 6.07) is 8.03. The van der Waals surface area contributed by atoms with E-state index in [1.54, 1.807) is 0 Å². The Balaban J connectivity index is 0. The Labute approximate surface area is 127 Å². The van der Waals surface area contributed by atoms with Gasteiger partial charge in [-0.25, -0.2) is 0 Å². The van der Waals surface area contributed by atoms with Gasteiger partial charge in [-0.15, -0.1) is 0 Å². The summed E-state index contributed by atoms with van der Waals surface area (Å²) in [6.45, 7) is 0.705. The molecule has 1 aromatic carbocycles. The van der Waals surface area contributed by atoms with Gasteiger partial charge in [0.25, 0.3) is 0 Å². The van der Waals surface area contributed by atoms with Gasteiger partial charge in [0.15, 0.2) is 0 Å². The minimum absolute atomic E-state index is 0. The molecule has 1 aromatic rings. The van der Waals surface area contributed by atoms with E-state index in [9.17, 15) is 0 Å². The van der Waals surface area contributed by atoms with E-state index in [-0.39, 0.29) is 40.1 Å². The fourth-order valence-electron chi connectivity index (χ4n) is 1.06. The van der Waals surface area contributed by atoms with Crippen molar-refractivity contribution in [1.82, 2.24) is 0 Å². The third-order valence-electron chi connectivity index (χ3n) is 1.55. The average molecular weight is 312 g/mol. The molecule has 0 unspecified atom stereocenters. The van der Waals surface area contributed by atoms with Crippen LogP contribution in [-0.2, 0) is 17.1 Å². The summed E-state index contributed by atoms with van der Waals surface area (Å²) in [6.07, 6.45) is 4.10. The van der Waals surface area contributed by atoms with E-state index < -0.39 is 9.05 Å². The van der Waals surface area contributed by atoms with E-state index in [0.717, 1.165) is 5.75 Å². The molecule has 1 heterocycles. The zero-order valence-corrected chi connectivity index (χ0v) is 12.1. The van der Waals surface area contributed by atoms with E-state index in [1.165, 1.54) is 5.56 Å². The summed E-state index contributed by atoms with van der Waals surface area (Å²) >= 11 is 0. The second-order valence-corrected chi connectivity index (χ2v) is 3.75. The van der Waals surface area contributed by atoms with Gasteiger partial charge in [-0.05, 0) is 12.1 Å². The quantitative estimate of drug-likeness (QED) is 0.464. The van der Waals surface area contributed by atoms with Gasteiger partial charge < -0.3 is 33.0 Å². The zero-order valence-electron chi connectivity index (χ0n) is 8.72. The maximum Gasteiger partial charge on any atom is 2.00 e. The maximum atomic E-state index is 8.58. The average Bonchev–Trinajstić information content (AvgIpc) is 2.16. The third-order valence-corrected chi connectivity index (χ3v) is 1.55. The molecule has 0 spiro atoms. The molecular weight excluding hydrogens is 304 g/mol. The number of ether oxygens (including phenoxy) is 1. The Kier molecular flexibility index (Phi) is 10.4. The predicted molar refractivity (Wildman–Crippen MR) is 52.5 cm³/mol. The van der Waals surface area contributed by atoms with Gasteiger partial charge in [-0.1, -0.05) is 24.3 Å². The SMILES string of the molecule is C1=Cc2ccccc2OC1.[Cu+2].[Mg+2].[O-][Si]([O-])([O-])[O-]. The fourth-order valence-corrected chi connectivity index (χ4v) is 1.06. The molecule has 0 atom stereocenters. The molecule has 5 nitrogen and oxygen atoms in total. The standard InChI is InChI=1S/C9H8O.Cu.Mg.O4Si/c1-2-6-9-8(4-1)5-3-7-10-9;;;1-5(2,3)4/h1-6H,7H2;;;/q;2*+2;-4. The second-order valence-electron chi connectivity index (χ2n) is 2.75. The van der Waals surface area contributed by atoms with Gasteiger partial charge in [0.1, 0.15) is 12.4 Å². The van der Waals surface area contributed by atoms with E-state index >= 15 is 0 Å². The molecule has 0 N–H and O–H groups in total. The van der Waals surface area contributed by atoms with Crippen molar-refractivity contribution >= 4 is 38.2 Å². The molecule has 0 amide bonds. The van der Waals surface area contributed by atoms with Gasteiger partial charge >= 0.3 is 40.1 Å². The summed E-state index contributed by atoms with van der Waals surface area (Å²) < 4.78 is 5.34. The van der Waals surface area contributed by atoms with Crippen LogP contribution in [0.25, 0.3) is 6.08 Å². The van der Waals surface area contributed by atoms with Crippen LogP contribution in [0.5, 0.6) is 5.75 Å². The summed E-state index contributed by atoms with van der Waals surface area (Å²) in [5, 5.41) is 0. The summed E-state index contributed by atoms with van der Waals surface area (Å²) in [7, 11) is -5.61. The van der Waals surface area contributed by atoms with Crippen molar-refractivity contribution in [2.75, 3.05) is 6.61 Å². The largest absolute Gasteiger partial charge is 2.00 e. The van der Waals surface area contributed by atoms with Crippen LogP contribution in [0, 0.1) is 0 Å². The first-order valence-corrected chi connectivity index (χ1v) is 5.80. The van der Waals surface area contributed by atoms with Crippen molar-refractivity contribution in [1.29, 1.82) is 0 Å². The van der Waals surface area contributed by atoms with Crippen molar-refractivity contribution < 1.29 is 41.0 Å². The van der Waals surface area contributed by atoms with E-state index in [1.807, 2.05) is 30.3 Å². The summed E-state index contributed by atoms with van der Waals surface area (Å²) in [5.74, 6) is 0.991. The molecule has 1 aliphatic heterocycles. The topological polar surface area (TPSA) is 101 Å². The van der Waals surface area contributed by atoms with Gasteiger partial charge in [0.05, 0.1) is 0 Å². The molecular formula is C9H8CuMgO5Si. The maximum absolute atomic E-state index is 8.58. The molecule has 91 valence electrons. The molecule has 8 heteroatoms. The summed E-state index contributed by atoms with van der Waals surface area (Å²) in [4.78, 5) is 34.3. The van der Waals surface area contributed by atoms with Crippen molar-refractivity contribution in [3.05, 3.63) is 35.9 Å². The van der Waals surface area contributed by atoms with Crippen LogP contribution < -0.4 is 23.9 Å². The van der Waals surface area contributed by atoms with Gasteiger partial charge in [-0.3, -0.25) is 0 Å². The van der Waals surface area contributed by atoms with Crippen LogP contribution >= 0.6 is 0 Å². The molecule has 17 heavy (non-hydrogen) atoms. The van der Waals surface area contributed by atoms with Crippen molar-refractivity contribution in [3.8, 4) is 5.75 Å². The number of hydrogen-bond acceptors (Lipinski definition) is 5. The van der Waals surface area contributed by atoms with Crippen LogP contribution in [0.4, 0.5) is 0 Å². The Morgan fingerprint density at radius 2 is 1.59 bits per heavy atom. The molecule has 0 saturated heterocycles. The summed E-state index contributed by atoms with van der Waals surface area (Å²) in [5.41, 5.74) is 1.17. The van der Waals surface area contributed by atoms with E-state index in [4.69, 9.17) is 23.9 Å². The molecule has 1 aliphatic rings. The molecule has 0 aromatic heterocycles. The predicted octanol–water partition coefficient (Wildman–Crippen LogP) is -3.43. The normalized spacial score (nSPS) is 11.8. The van der Waals surface area contributed by atoms with Gasteiger partial charge in [-0.2, -0.15) is 0 Å². The first-order valence-electron chi connectivity index (χ1n) is 4.17. The number of hydrogen-bond donors (Lipinski definition) is 0. The number of fused-ring (bicyclic) bond motifs is 1. The Morgan fingerprint density at radius 3 is 2.12 bits per heavy atom. The van der Waals surface area contributed by atoms with Crippen LogP contribution in [-0.4, -0.2) is 38.7 Å². The molecule has 0 fully saturated rings. The minimum atomic E-state index is -5.61. The molecule has 0 bridgehead atoms. The third kappa shape index (κ3) is 9.77. The van der Waals surface area contributed by atoms with E-state index in [0.29, 0.717) is 6.61 Å². The van der Waals surface area contributed by atoms with Crippen LogP contribution in [0.1, 0.15) is 5.56 Å². The smallest absolute Gasteiger partial charge is 0.894 e. The number of benzene rings is 1. The molecule has 0 saturated carbocycles. The molecule has 1 radical (unpaired) electrons. The minimum Gasteiger partial charge on any atom is -0.894 e. The number of para-hydroxylation sites is 1. The van der Waals surface area contributed by atoms with E-state index in [2.05, 4.69) is 6.08 Å². The monoisotopic (exact) mass is 311 g/mol. The second kappa shape index (κ2) is 9.09. The fraction of sp³-hybridized carbons (Fsp3) is 0.111. The van der Waals surface area contributed by atoms with Crippen LogP contribution in [0.2, 0.25) is 0 Å². The van der Waals surface area contributed by atoms with Crippen LogP contribution in [0.3, 0.4) is 0 Å². The van der Waals surface area contributed by atoms with Crippen molar-refractivity contribution in [2.45, 2.75) is 0 Å². The number of rotatable bonds is 0. The van der Waals surface area contributed by atoms with Gasteiger partial charge in [0.2, 0.25) is 0 Å². The molecule has 0 aliphatic carbocycles. The molecule has 2 rings (SSSR count). The Bertz CT molecular complexity index is 349. The first-order chi connectivity index (χ1) is 6.97. The Hall–Kier alpha value is 0.103. The van der Waals surface area contributed by atoms with Crippen molar-refractivity contribution in [2.24, 2.45) is 0 Å². The Morgan fingerprint density at radius 1 is 1.06 bits per heavy atom. The van der Waals surface area contributed by atoms with Crippen molar-refractivity contribution in [3.63, 3.8) is 0 Å². The first kappa shape index (κ1) is 19.4. The van der Waals surface area contributed by atoms with Crippen LogP contribution in [0.15, 0.2) is 30.3 Å². The van der Waals surface area contributed by atoms with Gasteiger partial charge in [0, 0.05) is 5.56 Å².